The van der Waals surface area contributed by atoms with E-state index in [1.54, 1.807) is 72.7 Å². The Morgan fingerprint density at radius 1 is 0.769 bits per heavy atom. The molecule has 2 N–H and O–H groups in total. The average Bonchev–Trinajstić information content (AvgIpc) is 4.11. The first-order valence-electron chi connectivity index (χ1n) is 25.7. The quantitative estimate of drug-likeness (QED) is 0.0585. The molecule has 78 heavy (non-hydrogen) atoms. The van der Waals surface area contributed by atoms with Gasteiger partial charge in [-0.15, -0.1) is 0 Å². The van der Waals surface area contributed by atoms with Gasteiger partial charge in [0.1, 0.15) is 29.9 Å². The van der Waals surface area contributed by atoms with Gasteiger partial charge in [-0.3, -0.25) is 28.9 Å². The van der Waals surface area contributed by atoms with Gasteiger partial charge in [-0.2, -0.15) is 0 Å². The average molecular weight is 1050 g/mol. The summed E-state index contributed by atoms with van der Waals surface area (Å²) in [6, 6.07) is 36.6. The summed E-state index contributed by atoms with van der Waals surface area (Å²) >= 11 is 0. The van der Waals surface area contributed by atoms with Crippen LogP contribution < -0.4 is 19.9 Å². The lowest BCUT2D eigenvalue weighted by Gasteiger charge is -2.46. The molecule has 0 unspecified atom stereocenters. The Hall–Kier alpha value is -8.92. The van der Waals surface area contributed by atoms with Gasteiger partial charge in [0, 0.05) is 50.6 Å². The Labute approximate surface area is 450 Å². The Morgan fingerprint density at radius 2 is 1.41 bits per heavy atom. The summed E-state index contributed by atoms with van der Waals surface area (Å²) in [5.74, 6) is 0.0959. The van der Waals surface area contributed by atoms with Crippen molar-refractivity contribution >= 4 is 47.4 Å². The molecule has 7 atom stereocenters. The molecule has 18 heteroatoms. The fourth-order valence-electron chi connectivity index (χ4n) is 11.6. The molecule has 5 heterocycles. The second-order valence-electron chi connectivity index (χ2n) is 19.3. The van der Waals surface area contributed by atoms with Crippen LogP contribution in [0.2, 0.25) is 0 Å². The maximum Gasteiger partial charge on any atom is 0.329 e. The topological polar surface area (TPSA) is 210 Å². The number of fused-ring (bicyclic) bond motifs is 3. The number of urea groups is 1. The molecule has 0 bridgehead atoms. The first-order valence-corrected chi connectivity index (χ1v) is 25.7. The lowest BCUT2D eigenvalue weighted by atomic mass is 9.64. The van der Waals surface area contributed by atoms with Gasteiger partial charge in [0.05, 0.1) is 50.6 Å². The molecule has 0 aliphatic carbocycles. The number of anilines is 2. The molecule has 1 aromatic heterocycles. The monoisotopic (exact) mass is 1050 g/mol. The van der Waals surface area contributed by atoms with Crippen LogP contribution in [0.3, 0.4) is 0 Å². The number of piperazine rings is 1. The normalized spacial score (nSPS) is 21.9. The van der Waals surface area contributed by atoms with E-state index in [-0.39, 0.29) is 44.0 Å². The van der Waals surface area contributed by atoms with Crippen LogP contribution in [-0.4, -0.2) is 120 Å². The van der Waals surface area contributed by atoms with E-state index in [0.29, 0.717) is 47.0 Å². The van der Waals surface area contributed by atoms with Crippen LogP contribution in [0, 0.1) is 23.7 Å². The molecule has 1 spiro atoms. The summed E-state index contributed by atoms with van der Waals surface area (Å²) in [5, 5.41) is 13.0. The van der Waals surface area contributed by atoms with Crippen LogP contribution in [0.1, 0.15) is 71.0 Å². The number of amides is 4. The lowest BCUT2D eigenvalue weighted by molar-refractivity contribution is -0.179. The molecule has 18 nitrogen and oxygen atoms in total. The van der Waals surface area contributed by atoms with Gasteiger partial charge < -0.3 is 39.2 Å². The predicted molar refractivity (Wildman–Crippen MR) is 284 cm³/mol. The number of methoxy groups -OCH3 is 2. The third-order valence-corrected chi connectivity index (χ3v) is 15.0. The summed E-state index contributed by atoms with van der Waals surface area (Å²) in [4.78, 5) is 106. The van der Waals surface area contributed by atoms with Gasteiger partial charge in [0.2, 0.25) is 17.8 Å². The summed E-state index contributed by atoms with van der Waals surface area (Å²) in [7, 11) is 2.31. The zero-order chi connectivity index (χ0) is 54.5. The van der Waals surface area contributed by atoms with Crippen LogP contribution in [0.15, 0.2) is 152 Å². The van der Waals surface area contributed by atoms with Gasteiger partial charge in [-0.05, 0) is 71.1 Å². The molecule has 4 aliphatic rings. The maximum absolute atomic E-state index is 17.0. The molecule has 398 valence electrons. The predicted octanol–water partition coefficient (Wildman–Crippen LogP) is 6.04. The van der Waals surface area contributed by atoms with Crippen molar-refractivity contribution in [3.05, 3.63) is 185 Å². The first-order chi connectivity index (χ1) is 38.0. The molecule has 0 radical (unpaired) electrons. The number of esters is 3. The minimum Gasteiger partial charge on any atom is -0.491 e. The van der Waals surface area contributed by atoms with E-state index in [9.17, 15) is 14.7 Å². The fourth-order valence-corrected chi connectivity index (χ4v) is 11.6. The minimum absolute atomic E-state index is 0.0636. The molecule has 3 saturated heterocycles. The molecular formula is C60H57N7O11. The SMILES string of the molecule is COC(=O)C(CC#Cc1ccc2c(c1)[C@]1(C(=O)N2C(=O)N[C@H](C)c2ccccc2)[C@H](C(=O)N2CCN(c3ncccn3)CC2)[C@H]2C(=O)O[C@H](c3ccccc3)[C@H](c3ccccc3)N2[C@@H]1c1cccc(OCCO)c1)C(=O)OC. The molecule has 3 fully saturated rings. The van der Waals surface area contributed by atoms with Crippen molar-refractivity contribution in [3.8, 4) is 17.6 Å². The second-order valence-corrected chi connectivity index (χ2v) is 19.3. The molecule has 0 saturated carbocycles. The maximum atomic E-state index is 17.0. The molecular weight excluding hydrogens is 995 g/mol. The van der Waals surface area contributed by atoms with Crippen LogP contribution in [-0.2, 0) is 43.6 Å². The largest absolute Gasteiger partial charge is 0.491 e. The Bertz CT molecular complexity index is 3250. The molecule has 6 aromatic rings. The van der Waals surface area contributed by atoms with E-state index in [1.165, 1.54) is 0 Å². The van der Waals surface area contributed by atoms with Gasteiger partial charge >= 0.3 is 23.9 Å². The number of carbonyl (C=O) groups excluding carboxylic acids is 6. The lowest BCUT2D eigenvalue weighted by Crippen LogP contribution is -2.59. The van der Waals surface area contributed by atoms with E-state index < -0.39 is 83.3 Å². The summed E-state index contributed by atoms with van der Waals surface area (Å²) in [6.07, 6.45) is 2.01. The van der Waals surface area contributed by atoms with Crippen molar-refractivity contribution in [2.45, 2.75) is 49.0 Å². The van der Waals surface area contributed by atoms with Gasteiger partial charge in [-0.1, -0.05) is 115 Å². The highest BCUT2D eigenvalue weighted by atomic mass is 16.6. The number of benzene rings is 5. The standard InChI is InChI=1S/C60H57N7O11/c1-38(40-17-7-4-8-18-40)63-59(74)66-47-27-26-39(16-13-25-45(54(70)75-2)55(71)76-3)36-46(47)60(57(66)73)48(53(69)64-30-32-65(33-31-64)58-61-28-15-29-62-58)50-56(72)78-51(42-21-11-6-12-22-42)49(41-19-9-5-10-20-41)67(50)52(60)43-23-14-24-44(37-43)77-35-34-68/h4-12,14-15,17-24,26-29,36-38,45,48-52,68H,25,30-35H2,1-3H3,(H,63,74)/t38-,48+,49+,50+,51-,52-,60+/m1/s1. The zero-order valence-electron chi connectivity index (χ0n) is 43.1. The van der Waals surface area contributed by atoms with Crippen molar-refractivity contribution in [2.75, 3.05) is 63.4 Å². The highest BCUT2D eigenvalue weighted by Crippen LogP contribution is 2.66. The number of ether oxygens (including phenoxy) is 4. The summed E-state index contributed by atoms with van der Waals surface area (Å²) in [5.41, 5.74) is 1.09. The number of cyclic esters (lactones) is 1. The number of rotatable bonds is 13. The van der Waals surface area contributed by atoms with E-state index in [1.807, 2.05) is 101 Å². The van der Waals surface area contributed by atoms with Crippen molar-refractivity contribution in [3.63, 3.8) is 0 Å². The molecule has 10 rings (SSSR count). The third-order valence-electron chi connectivity index (χ3n) is 15.0. The summed E-state index contributed by atoms with van der Waals surface area (Å²) in [6.45, 7) is 2.38. The number of hydrogen-bond donors (Lipinski definition) is 2. The van der Waals surface area contributed by atoms with Crippen molar-refractivity contribution in [1.82, 2.24) is 25.1 Å². The zero-order valence-corrected chi connectivity index (χ0v) is 43.1. The number of nitrogens with zero attached hydrogens (tertiary/aromatic N) is 6. The van der Waals surface area contributed by atoms with Crippen molar-refractivity contribution in [2.24, 2.45) is 11.8 Å². The fraction of sp³-hybridized carbons (Fsp3) is 0.300. The Morgan fingerprint density at radius 3 is 2.06 bits per heavy atom. The Balaban J connectivity index is 1.24. The summed E-state index contributed by atoms with van der Waals surface area (Å²) < 4.78 is 22.5. The highest BCUT2D eigenvalue weighted by molar-refractivity contribution is 6.24. The number of nitrogens with one attached hydrogen (secondary N) is 1. The van der Waals surface area contributed by atoms with Gasteiger partial charge in [0.25, 0.3) is 0 Å². The minimum atomic E-state index is -2.14. The number of aliphatic hydroxyl groups is 1. The van der Waals surface area contributed by atoms with Crippen LogP contribution in [0.4, 0.5) is 16.4 Å². The molecule has 5 aromatic carbocycles. The number of morpholine rings is 1. The number of imide groups is 1. The van der Waals surface area contributed by atoms with E-state index in [4.69, 9.17) is 18.9 Å². The Kier molecular flexibility index (Phi) is 15.3. The molecule has 4 amide bonds. The number of hydrogen-bond acceptors (Lipinski definition) is 15. The van der Waals surface area contributed by atoms with Crippen LogP contribution in [0.25, 0.3) is 0 Å². The highest BCUT2D eigenvalue weighted by Gasteiger charge is 2.76. The van der Waals surface area contributed by atoms with E-state index >= 15 is 19.2 Å². The molecule has 4 aliphatic heterocycles. The van der Waals surface area contributed by atoms with Gasteiger partial charge in [0.15, 0.2) is 5.92 Å². The number of aromatic nitrogens is 2. The van der Waals surface area contributed by atoms with Gasteiger partial charge in [-0.25, -0.2) is 19.7 Å². The van der Waals surface area contributed by atoms with Crippen LogP contribution >= 0.6 is 0 Å². The van der Waals surface area contributed by atoms with Crippen LogP contribution in [0.5, 0.6) is 5.75 Å². The number of aliphatic hydroxyl groups excluding tert-OH is 1. The van der Waals surface area contributed by atoms with Crippen molar-refractivity contribution < 1.29 is 52.8 Å². The smallest absolute Gasteiger partial charge is 0.329 e. The third kappa shape index (κ3) is 9.67. The first kappa shape index (κ1) is 52.5. The van der Waals surface area contributed by atoms with Crippen molar-refractivity contribution in [1.29, 1.82) is 0 Å². The van der Waals surface area contributed by atoms with E-state index in [0.717, 1.165) is 24.7 Å². The second kappa shape index (κ2) is 22.7. The van der Waals surface area contributed by atoms with E-state index in [2.05, 4.69) is 27.1 Å². The number of carbonyl (C=O) groups is 6.